The van der Waals surface area contributed by atoms with Crippen LogP contribution in [0.25, 0.3) is 0 Å². The third-order valence-electron chi connectivity index (χ3n) is 4.32. The van der Waals surface area contributed by atoms with E-state index in [1.165, 1.54) is 6.20 Å². The molecule has 0 aliphatic carbocycles. The van der Waals surface area contributed by atoms with E-state index >= 15 is 0 Å². The molecule has 0 radical (unpaired) electrons. The molecule has 8 nitrogen and oxygen atoms in total. The summed E-state index contributed by atoms with van der Waals surface area (Å²) in [4.78, 5) is 16.7. The maximum absolute atomic E-state index is 12.0. The van der Waals surface area contributed by atoms with E-state index in [0.29, 0.717) is 6.54 Å². The molecular formula is C16H29N7O. The third kappa shape index (κ3) is 6.84. The Kier molecular flexibility index (Phi) is 8.55. The van der Waals surface area contributed by atoms with Crippen molar-refractivity contribution in [2.45, 2.75) is 0 Å². The fourth-order valence-corrected chi connectivity index (χ4v) is 2.84. The Labute approximate surface area is 144 Å². The molecule has 24 heavy (non-hydrogen) atoms. The second-order valence-corrected chi connectivity index (χ2v) is 6.06. The molecule has 2 rings (SSSR count). The molecule has 4 N–H and O–H groups in total. The summed E-state index contributed by atoms with van der Waals surface area (Å²) in [5.74, 6) is -0.303. The minimum absolute atomic E-state index is 0.135. The smallest absolute Gasteiger partial charge is 0.263 e. The predicted molar refractivity (Wildman–Crippen MR) is 93.3 cm³/mol. The van der Waals surface area contributed by atoms with E-state index in [1.54, 1.807) is 0 Å². The van der Waals surface area contributed by atoms with E-state index in [2.05, 4.69) is 31.1 Å². The largest absolute Gasteiger partial charge is 0.388 e. The van der Waals surface area contributed by atoms with Crippen LogP contribution in [0, 0.1) is 11.3 Å². The molecule has 0 spiro atoms. The van der Waals surface area contributed by atoms with Crippen molar-refractivity contribution in [2.24, 2.45) is 0 Å². The molecule has 0 aromatic rings. The monoisotopic (exact) mass is 335 g/mol. The van der Waals surface area contributed by atoms with Crippen LogP contribution in [0.3, 0.4) is 0 Å². The van der Waals surface area contributed by atoms with Gasteiger partial charge in [0.05, 0.1) is 0 Å². The molecule has 0 aromatic carbocycles. The van der Waals surface area contributed by atoms with Gasteiger partial charge >= 0.3 is 0 Å². The van der Waals surface area contributed by atoms with Crippen molar-refractivity contribution in [2.75, 3.05) is 78.5 Å². The standard InChI is InChI=1S/C16H29N7O/c17-13-15(14-20-5-11-22-7-1-18-2-8-22)16(24)21-6-12-23-9-3-19-4-10-23/h14,18-20H,1-12H2,(H,21,24)/b15-14-. The Morgan fingerprint density at radius 3 is 2.08 bits per heavy atom. The van der Waals surface area contributed by atoms with Crippen LogP contribution in [0.15, 0.2) is 11.8 Å². The summed E-state index contributed by atoms with van der Waals surface area (Å²) in [6.45, 7) is 11.2. The Morgan fingerprint density at radius 2 is 1.54 bits per heavy atom. The topological polar surface area (TPSA) is 95.5 Å². The molecule has 2 fully saturated rings. The van der Waals surface area contributed by atoms with Crippen LogP contribution in [0.5, 0.6) is 0 Å². The first-order chi connectivity index (χ1) is 11.8. The molecule has 134 valence electrons. The first-order valence-corrected chi connectivity index (χ1v) is 8.77. The number of nitrogens with one attached hydrogen (secondary N) is 4. The van der Waals surface area contributed by atoms with Gasteiger partial charge in [0.2, 0.25) is 0 Å². The lowest BCUT2D eigenvalue weighted by atomic mass is 10.3. The van der Waals surface area contributed by atoms with Crippen molar-refractivity contribution < 1.29 is 4.79 Å². The van der Waals surface area contributed by atoms with Crippen LogP contribution in [0.1, 0.15) is 0 Å². The van der Waals surface area contributed by atoms with Crippen molar-refractivity contribution in [3.8, 4) is 6.07 Å². The molecule has 0 saturated carbocycles. The van der Waals surface area contributed by atoms with Gasteiger partial charge in [-0.2, -0.15) is 5.26 Å². The van der Waals surface area contributed by atoms with Crippen LogP contribution in [0.4, 0.5) is 0 Å². The van der Waals surface area contributed by atoms with E-state index in [4.69, 9.17) is 5.26 Å². The van der Waals surface area contributed by atoms with Crippen molar-refractivity contribution >= 4 is 5.91 Å². The summed E-state index contributed by atoms with van der Waals surface area (Å²) < 4.78 is 0. The minimum atomic E-state index is -0.303. The second kappa shape index (κ2) is 11.0. The molecule has 8 heteroatoms. The fourth-order valence-electron chi connectivity index (χ4n) is 2.84. The third-order valence-corrected chi connectivity index (χ3v) is 4.32. The number of carbonyl (C=O) groups is 1. The molecular weight excluding hydrogens is 306 g/mol. The van der Waals surface area contributed by atoms with E-state index in [1.807, 2.05) is 6.07 Å². The van der Waals surface area contributed by atoms with Crippen LogP contribution in [-0.2, 0) is 4.79 Å². The summed E-state index contributed by atoms with van der Waals surface area (Å²) >= 11 is 0. The summed E-state index contributed by atoms with van der Waals surface area (Å²) in [5, 5.41) is 21.6. The summed E-state index contributed by atoms with van der Waals surface area (Å²) in [6, 6.07) is 1.97. The Morgan fingerprint density at radius 1 is 1.00 bits per heavy atom. The minimum Gasteiger partial charge on any atom is -0.388 e. The summed E-state index contributed by atoms with van der Waals surface area (Å²) in [5.41, 5.74) is 0.135. The van der Waals surface area contributed by atoms with E-state index in [0.717, 1.165) is 72.0 Å². The van der Waals surface area contributed by atoms with Crippen molar-refractivity contribution in [3.05, 3.63) is 11.8 Å². The highest BCUT2D eigenvalue weighted by atomic mass is 16.1. The average Bonchev–Trinajstić information content (AvgIpc) is 2.63. The number of amides is 1. The molecule has 0 unspecified atom stereocenters. The van der Waals surface area contributed by atoms with Gasteiger partial charge in [0.15, 0.2) is 0 Å². The van der Waals surface area contributed by atoms with E-state index in [9.17, 15) is 4.79 Å². The van der Waals surface area contributed by atoms with Crippen molar-refractivity contribution in [1.82, 2.24) is 31.1 Å². The highest BCUT2D eigenvalue weighted by Crippen LogP contribution is 1.94. The molecule has 0 atom stereocenters. The number of rotatable bonds is 8. The highest BCUT2D eigenvalue weighted by Gasteiger charge is 2.12. The Bertz CT molecular complexity index is 448. The van der Waals surface area contributed by atoms with Gasteiger partial charge in [-0.1, -0.05) is 0 Å². The number of nitriles is 1. The second-order valence-electron chi connectivity index (χ2n) is 6.06. The number of piperazine rings is 2. The Balaban J connectivity index is 1.61. The molecule has 0 aromatic heterocycles. The number of carbonyl (C=O) groups excluding carboxylic acids is 1. The van der Waals surface area contributed by atoms with Gasteiger partial charge in [0.1, 0.15) is 11.6 Å². The zero-order chi connectivity index (χ0) is 17.0. The lowest BCUT2D eigenvalue weighted by Crippen LogP contribution is -2.46. The first kappa shape index (κ1) is 18.7. The zero-order valence-electron chi connectivity index (χ0n) is 14.3. The molecule has 2 aliphatic heterocycles. The summed E-state index contributed by atoms with van der Waals surface area (Å²) in [6.07, 6.45) is 1.53. The van der Waals surface area contributed by atoms with Crippen molar-refractivity contribution in [3.63, 3.8) is 0 Å². The van der Waals surface area contributed by atoms with E-state index < -0.39 is 0 Å². The van der Waals surface area contributed by atoms with Crippen LogP contribution in [0.2, 0.25) is 0 Å². The molecule has 2 aliphatic rings. The van der Waals surface area contributed by atoms with Gasteiger partial charge < -0.3 is 21.3 Å². The van der Waals surface area contributed by atoms with Crippen LogP contribution >= 0.6 is 0 Å². The normalized spacial score (nSPS) is 20.4. The molecule has 1 amide bonds. The van der Waals surface area contributed by atoms with Crippen molar-refractivity contribution in [1.29, 1.82) is 5.26 Å². The quantitative estimate of drug-likeness (QED) is 0.229. The number of hydrogen-bond donors (Lipinski definition) is 4. The lowest BCUT2D eigenvalue weighted by molar-refractivity contribution is -0.117. The predicted octanol–water partition coefficient (Wildman–Crippen LogP) is -2.09. The van der Waals surface area contributed by atoms with Gasteiger partial charge in [0.25, 0.3) is 5.91 Å². The number of hydrogen-bond acceptors (Lipinski definition) is 7. The van der Waals surface area contributed by atoms with Gasteiger partial charge in [-0.15, -0.1) is 0 Å². The maximum Gasteiger partial charge on any atom is 0.263 e. The van der Waals surface area contributed by atoms with E-state index in [-0.39, 0.29) is 11.5 Å². The maximum atomic E-state index is 12.0. The average molecular weight is 335 g/mol. The Hall–Kier alpha value is -1.66. The van der Waals surface area contributed by atoms with Gasteiger partial charge in [-0.05, 0) is 0 Å². The highest BCUT2D eigenvalue weighted by molar-refractivity contribution is 5.97. The fraction of sp³-hybridized carbons (Fsp3) is 0.750. The van der Waals surface area contributed by atoms with Crippen LogP contribution in [-0.4, -0.2) is 94.2 Å². The molecule has 2 saturated heterocycles. The van der Waals surface area contributed by atoms with Crippen LogP contribution < -0.4 is 21.3 Å². The zero-order valence-corrected chi connectivity index (χ0v) is 14.3. The molecule has 2 heterocycles. The van der Waals surface area contributed by atoms with Gasteiger partial charge in [-0.25, -0.2) is 0 Å². The SMILES string of the molecule is N#C/C(=C/NCCN1CCNCC1)C(=O)NCCN1CCNCC1. The summed E-state index contributed by atoms with van der Waals surface area (Å²) in [7, 11) is 0. The molecule has 0 bridgehead atoms. The first-order valence-electron chi connectivity index (χ1n) is 8.77. The number of nitrogens with zero attached hydrogens (tertiary/aromatic N) is 3. The van der Waals surface area contributed by atoms with Gasteiger partial charge in [-0.3, -0.25) is 14.6 Å². The van der Waals surface area contributed by atoms with Gasteiger partial charge in [0, 0.05) is 84.7 Å². The lowest BCUT2D eigenvalue weighted by Gasteiger charge is -2.27.